The van der Waals surface area contributed by atoms with E-state index >= 15 is 0 Å². The van der Waals surface area contributed by atoms with E-state index < -0.39 is 46.8 Å². The molecule has 1 amide bonds. The zero-order valence-electron chi connectivity index (χ0n) is 15.3. The van der Waals surface area contributed by atoms with Crippen LogP contribution in [0.3, 0.4) is 0 Å². The third-order valence-electron chi connectivity index (χ3n) is 4.21. The minimum atomic E-state index is -4.92. The Bertz CT molecular complexity index is 1200. The van der Waals surface area contributed by atoms with Crippen LogP contribution in [-0.2, 0) is 0 Å². The molecule has 2 heterocycles. The fourth-order valence-electron chi connectivity index (χ4n) is 2.71. The predicted octanol–water partition coefficient (Wildman–Crippen LogP) is 5.28. The van der Waals surface area contributed by atoms with Crippen LogP contribution in [0.4, 0.5) is 32.2 Å². The molecule has 4 rings (SSSR count). The zero-order valence-corrected chi connectivity index (χ0v) is 16.1. The number of carbonyl (C=O) groups excluding carboxylic acids is 1. The Balaban J connectivity index is 1.59. The van der Waals surface area contributed by atoms with Gasteiger partial charge < -0.3 is 14.8 Å². The molecule has 0 saturated carbocycles. The van der Waals surface area contributed by atoms with Crippen LogP contribution in [0.1, 0.15) is 10.4 Å². The van der Waals surface area contributed by atoms with Crippen molar-refractivity contribution in [3.05, 3.63) is 64.9 Å². The summed E-state index contributed by atoms with van der Waals surface area (Å²) in [4.78, 5) is 19.9. The molecule has 0 aliphatic carbocycles. The third-order valence-corrected chi connectivity index (χ3v) is 4.52. The molecule has 13 heteroatoms. The predicted molar refractivity (Wildman–Crippen MR) is 97.9 cm³/mol. The Kier molecular flexibility index (Phi) is 5.12. The van der Waals surface area contributed by atoms with E-state index in [9.17, 15) is 31.1 Å². The fourth-order valence-corrected chi connectivity index (χ4v) is 2.96. The number of ether oxygens (including phenoxy) is 2. The summed E-state index contributed by atoms with van der Waals surface area (Å²) in [5.74, 6) is -4.91. The van der Waals surface area contributed by atoms with Gasteiger partial charge in [-0.1, -0.05) is 17.7 Å². The summed E-state index contributed by atoms with van der Waals surface area (Å²) < 4.78 is 88.9. The van der Waals surface area contributed by atoms with E-state index in [0.29, 0.717) is 0 Å². The molecule has 0 unspecified atom stereocenters. The van der Waals surface area contributed by atoms with E-state index in [-0.39, 0.29) is 22.1 Å². The summed E-state index contributed by atoms with van der Waals surface area (Å²) in [7, 11) is 0. The summed E-state index contributed by atoms with van der Waals surface area (Å²) in [6, 6.07) is 4.63. The number of aromatic nitrogens is 2. The Labute approximate surface area is 179 Å². The highest BCUT2D eigenvalue weighted by molar-refractivity contribution is 6.33. The lowest BCUT2D eigenvalue weighted by Crippen LogP contribution is -2.52. The highest BCUT2D eigenvalue weighted by Gasteiger charge is 2.66. The van der Waals surface area contributed by atoms with E-state index in [1.807, 2.05) is 0 Å². The third kappa shape index (κ3) is 3.77. The maximum Gasteiger partial charge on any atom is 0.507 e. The van der Waals surface area contributed by atoms with Crippen molar-refractivity contribution in [2.45, 2.75) is 12.2 Å². The number of nitrogens with zero attached hydrogens (tertiary/aromatic N) is 2. The van der Waals surface area contributed by atoms with Crippen LogP contribution in [0, 0.1) is 11.6 Å². The molecule has 2 aromatic carbocycles. The number of alkyl halides is 4. The van der Waals surface area contributed by atoms with E-state index in [4.69, 9.17) is 11.6 Å². The Morgan fingerprint density at radius 3 is 2.09 bits per heavy atom. The Morgan fingerprint density at radius 2 is 1.53 bits per heavy atom. The lowest BCUT2D eigenvalue weighted by Gasteiger charge is -2.32. The second-order valence-corrected chi connectivity index (χ2v) is 6.76. The first-order chi connectivity index (χ1) is 15.0. The van der Waals surface area contributed by atoms with Crippen molar-refractivity contribution in [2.24, 2.45) is 0 Å². The highest BCUT2D eigenvalue weighted by Crippen LogP contribution is 2.49. The van der Waals surface area contributed by atoms with Crippen LogP contribution >= 0.6 is 11.6 Å². The number of hydrogen-bond acceptors (Lipinski definition) is 5. The largest absolute Gasteiger partial charge is 0.507 e. The SMILES string of the molecule is O=C(Nc1cnc(-c2cc3c(cc2Cl)OC(F)(F)C(F)(F)O3)cn1)c1c(F)cccc1F. The van der Waals surface area contributed by atoms with Crippen molar-refractivity contribution in [1.29, 1.82) is 0 Å². The van der Waals surface area contributed by atoms with Crippen LogP contribution in [0.15, 0.2) is 42.7 Å². The standard InChI is InChI=1S/C19H8ClF6N3O3/c20-9-5-14-13(31-18(23,24)19(25,26)32-14)4-8(9)12-6-28-15(7-27-12)29-17(30)16-10(21)2-1-3-11(16)22/h1-7H,(H,28,29,30). The van der Waals surface area contributed by atoms with E-state index in [1.54, 1.807) is 0 Å². The molecule has 1 aliphatic rings. The van der Waals surface area contributed by atoms with Crippen molar-refractivity contribution in [1.82, 2.24) is 9.97 Å². The molecule has 6 nitrogen and oxygen atoms in total. The van der Waals surface area contributed by atoms with Gasteiger partial charge in [-0.25, -0.2) is 13.8 Å². The number of hydrogen-bond donors (Lipinski definition) is 1. The number of anilines is 1. The number of amides is 1. The van der Waals surface area contributed by atoms with Gasteiger partial charge in [0, 0.05) is 11.6 Å². The number of fused-ring (bicyclic) bond motifs is 1. The van der Waals surface area contributed by atoms with Gasteiger partial charge in [0.25, 0.3) is 5.91 Å². The average Bonchev–Trinajstić information content (AvgIpc) is 2.69. The van der Waals surface area contributed by atoms with Crippen molar-refractivity contribution < 1.29 is 40.6 Å². The van der Waals surface area contributed by atoms with E-state index in [2.05, 4.69) is 24.8 Å². The van der Waals surface area contributed by atoms with Gasteiger partial charge >= 0.3 is 12.2 Å². The van der Waals surface area contributed by atoms with E-state index in [1.165, 1.54) is 0 Å². The van der Waals surface area contributed by atoms with Gasteiger partial charge in [-0.05, 0) is 18.2 Å². The van der Waals surface area contributed by atoms with E-state index in [0.717, 1.165) is 42.7 Å². The molecule has 32 heavy (non-hydrogen) atoms. The summed E-state index contributed by atoms with van der Waals surface area (Å²) in [5.41, 5.74) is -0.872. The van der Waals surface area contributed by atoms with Gasteiger partial charge in [-0.15, -0.1) is 0 Å². The Morgan fingerprint density at radius 1 is 0.938 bits per heavy atom. The quantitative estimate of drug-likeness (QED) is 0.522. The normalized spacial score (nSPS) is 15.8. The minimum Gasteiger partial charge on any atom is -0.421 e. The molecule has 0 radical (unpaired) electrons. The van der Waals surface area contributed by atoms with Crippen molar-refractivity contribution >= 4 is 23.3 Å². The van der Waals surface area contributed by atoms with Gasteiger partial charge in [0.05, 0.1) is 23.1 Å². The molecule has 3 aromatic rings. The smallest absolute Gasteiger partial charge is 0.421 e. The van der Waals surface area contributed by atoms with Gasteiger partial charge in [0.2, 0.25) is 0 Å². The molecule has 166 valence electrons. The second-order valence-electron chi connectivity index (χ2n) is 6.35. The second kappa shape index (κ2) is 7.55. The number of nitrogens with one attached hydrogen (secondary N) is 1. The first-order valence-electron chi connectivity index (χ1n) is 8.53. The van der Waals surface area contributed by atoms with Crippen molar-refractivity contribution in [3.63, 3.8) is 0 Å². The molecule has 1 aromatic heterocycles. The molecule has 0 spiro atoms. The minimum absolute atomic E-state index is 0.0166. The number of rotatable bonds is 3. The molecule has 0 atom stereocenters. The monoisotopic (exact) mass is 475 g/mol. The first kappa shape index (κ1) is 21.7. The lowest BCUT2D eigenvalue weighted by molar-refractivity contribution is -0.391. The number of carbonyl (C=O) groups is 1. The van der Waals surface area contributed by atoms with Gasteiger partial charge in [-0.2, -0.15) is 17.6 Å². The maximum atomic E-state index is 13.7. The van der Waals surface area contributed by atoms with Gasteiger partial charge in [-0.3, -0.25) is 9.78 Å². The molecule has 1 aliphatic heterocycles. The summed E-state index contributed by atoms with van der Waals surface area (Å²) in [5, 5.41) is 1.95. The van der Waals surface area contributed by atoms with Crippen LogP contribution in [0.2, 0.25) is 5.02 Å². The fraction of sp³-hybridized carbons (Fsp3) is 0.105. The topological polar surface area (TPSA) is 73.3 Å². The highest BCUT2D eigenvalue weighted by atomic mass is 35.5. The van der Waals surface area contributed by atoms with Crippen molar-refractivity contribution in [2.75, 3.05) is 5.32 Å². The Hall–Kier alpha value is -3.54. The summed E-state index contributed by atoms with van der Waals surface area (Å²) in [6.45, 7) is 0. The van der Waals surface area contributed by atoms with Gasteiger partial charge in [0.1, 0.15) is 17.2 Å². The summed E-state index contributed by atoms with van der Waals surface area (Å²) >= 11 is 6.01. The van der Waals surface area contributed by atoms with Crippen LogP contribution < -0.4 is 14.8 Å². The number of halogens is 7. The van der Waals surface area contributed by atoms with Crippen LogP contribution in [-0.4, -0.2) is 28.1 Å². The van der Waals surface area contributed by atoms with Crippen molar-refractivity contribution in [3.8, 4) is 22.8 Å². The molecular weight excluding hydrogens is 468 g/mol. The molecule has 0 fully saturated rings. The number of benzene rings is 2. The zero-order chi connectivity index (χ0) is 23.3. The first-order valence-corrected chi connectivity index (χ1v) is 8.91. The van der Waals surface area contributed by atoms with Crippen LogP contribution in [0.25, 0.3) is 11.3 Å². The average molecular weight is 476 g/mol. The lowest BCUT2D eigenvalue weighted by atomic mass is 10.1. The van der Waals surface area contributed by atoms with Gasteiger partial charge in [0.15, 0.2) is 17.3 Å². The van der Waals surface area contributed by atoms with Crippen LogP contribution in [0.5, 0.6) is 11.5 Å². The molecule has 0 bridgehead atoms. The molecular formula is C19H8ClF6N3O3. The molecule has 0 saturated heterocycles. The summed E-state index contributed by atoms with van der Waals surface area (Å²) in [6.07, 6.45) is -7.77. The maximum absolute atomic E-state index is 13.7. The molecule has 1 N–H and O–H groups in total.